The molecule has 0 unspecified atom stereocenters. The molecule has 146 valence electrons. The van der Waals surface area contributed by atoms with E-state index in [1.165, 1.54) is 0 Å². The zero-order chi connectivity index (χ0) is 20.1. The van der Waals surface area contributed by atoms with E-state index in [1.807, 2.05) is 35.3 Å². The molecule has 3 nitrogen and oxygen atoms in total. The smallest absolute Gasteiger partial charge is 0.214 e. The van der Waals surface area contributed by atoms with Crippen LogP contribution in [0.15, 0.2) is 65.8 Å². The van der Waals surface area contributed by atoms with E-state index in [9.17, 15) is 0 Å². The van der Waals surface area contributed by atoms with Crippen LogP contribution in [0, 0.1) is 0 Å². The van der Waals surface area contributed by atoms with E-state index in [0.717, 1.165) is 28.8 Å². The first-order valence-corrected chi connectivity index (χ1v) is 10.5. The van der Waals surface area contributed by atoms with E-state index in [1.54, 1.807) is 18.2 Å². The number of halogens is 4. The molecule has 2 atom stereocenters. The topological polar surface area (TPSA) is 24.8 Å². The summed E-state index contributed by atoms with van der Waals surface area (Å²) >= 11 is 25.2. The zero-order valence-corrected chi connectivity index (χ0v) is 18.0. The van der Waals surface area contributed by atoms with E-state index < -0.39 is 6.23 Å². The first-order valence-electron chi connectivity index (χ1n) is 9.03. The summed E-state index contributed by atoms with van der Waals surface area (Å²) in [4.78, 5) is 0. The minimum absolute atomic E-state index is 0.0513. The van der Waals surface area contributed by atoms with Crippen LogP contribution in [0.2, 0.25) is 20.1 Å². The van der Waals surface area contributed by atoms with E-state index in [0.29, 0.717) is 25.8 Å². The van der Waals surface area contributed by atoms with Crippen molar-refractivity contribution in [2.45, 2.75) is 18.7 Å². The summed E-state index contributed by atoms with van der Waals surface area (Å²) in [5.74, 6) is 0.623. The number of benzene rings is 3. The predicted octanol–water partition coefficient (Wildman–Crippen LogP) is 7.54. The molecule has 3 aromatic carbocycles. The Bertz CT molecular complexity index is 1130. The van der Waals surface area contributed by atoms with Crippen molar-refractivity contribution >= 4 is 52.1 Å². The summed E-state index contributed by atoms with van der Waals surface area (Å²) in [7, 11) is 0. The van der Waals surface area contributed by atoms with Gasteiger partial charge >= 0.3 is 0 Å². The number of hydrogen-bond acceptors (Lipinski definition) is 3. The van der Waals surface area contributed by atoms with Crippen molar-refractivity contribution in [3.8, 4) is 5.75 Å². The minimum atomic E-state index is -0.484. The van der Waals surface area contributed by atoms with Gasteiger partial charge in [-0.3, -0.25) is 0 Å². The lowest BCUT2D eigenvalue weighted by atomic mass is 9.96. The third kappa shape index (κ3) is 3.36. The monoisotopic (exact) mass is 462 g/mol. The van der Waals surface area contributed by atoms with Crippen LogP contribution in [-0.2, 0) is 0 Å². The third-order valence-corrected chi connectivity index (χ3v) is 6.38. The molecule has 2 aliphatic rings. The summed E-state index contributed by atoms with van der Waals surface area (Å²) in [5, 5.41) is 8.86. The van der Waals surface area contributed by atoms with Gasteiger partial charge in [-0.15, -0.1) is 0 Å². The minimum Gasteiger partial charge on any atom is -0.463 e. The quantitative estimate of drug-likeness (QED) is 0.392. The molecule has 0 aromatic heterocycles. The van der Waals surface area contributed by atoms with Gasteiger partial charge in [0.1, 0.15) is 5.75 Å². The summed E-state index contributed by atoms with van der Waals surface area (Å²) in [5.41, 5.74) is 3.82. The number of hydrogen-bond donors (Lipinski definition) is 0. The molecule has 0 amide bonds. The van der Waals surface area contributed by atoms with Crippen molar-refractivity contribution in [3.05, 3.63) is 97.4 Å². The van der Waals surface area contributed by atoms with Crippen molar-refractivity contribution in [3.63, 3.8) is 0 Å². The fourth-order valence-electron chi connectivity index (χ4n) is 3.81. The van der Waals surface area contributed by atoms with Gasteiger partial charge in [0.25, 0.3) is 0 Å². The van der Waals surface area contributed by atoms with E-state index in [-0.39, 0.29) is 6.04 Å². The van der Waals surface area contributed by atoms with Gasteiger partial charge in [-0.25, -0.2) is 5.01 Å². The maximum atomic E-state index is 6.49. The highest BCUT2D eigenvalue weighted by Gasteiger charge is 2.42. The van der Waals surface area contributed by atoms with E-state index in [4.69, 9.17) is 56.2 Å². The molecule has 0 N–H and O–H groups in total. The first-order chi connectivity index (χ1) is 14.0. The summed E-state index contributed by atoms with van der Waals surface area (Å²) in [6.45, 7) is 0. The molecule has 0 aliphatic carbocycles. The Morgan fingerprint density at radius 1 is 0.862 bits per heavy atom. The Balaban J connectivity index is 1.65. The molecule has 3 aromatic rings. The lowest BCUT2D eigenvalue weighted by Gasteiger charge is -2.38. The molecule has 0 radical (unpaired) electrons. The van der Waals surface area contributed by atoms with Crippen molar-refractivity contribution in [2.75, 3.05) is 0 Å². The maximum absolute atomic E-state index is 6.49. The third-order valence-electron chi connectivity index (χ3n) is 5.14. The second-order valence-corrected chi connectivity index (χ2v) is 8.62. The summed E-state index contributed by atoms with van der Waals surface area (Å²) < 4.78 is 6.32. The van der Waals surface area contributed by atoms with E-state index in [2.05, 4.69) is 12.1 Å². The number of ether oxygens (including phenoxy) is 1. The van der Waals surface area contributed by atoms with Gasteiger partial charge in [0.05, 0.1) is 26.8 Å². The van der Waals surface area contributed by atoms with Crippen molar-refractivity contribution < 1.29 is 4.74 Å². The molecular weight excluding hydrogens is 450 g/mol. The van der Waals surface area contributed by atoms with Gasteiger partial charge in [-0.1, -0.05) is 82.8 Å². The summed E-state index contributed by atoms with van der Waals surface area (Å²) in [6.07, 6.45) is 0.233. The Kier molecular flexibility index (Phi) is 4.87. The highest BCUT2D eigenvalue weighted by molar-refractivity contribution is 6.42. The van der Waals surface area contributed by atoms with Crippen LogP contribution in [0.1, 0.15) is 35.4 Å². The van der Waals surface area contributed by atoms with Gasteiger partial charge in [0.2, 0.25) is 6.23 Å². The largest absolute Gasteiger partial charge is 0.463 e. The average molecular weight is 464 g/mol. The fraction of sp³-hybridized carbons (Fsp3) is 0.136. The lowest BCUT2D eigenvalue weighted by Crippen LogP contribution is -2.33. The first kappa shape index (κ1) is 19.1. The molecule has 0 fully saturated rings. The van der Waals surface area contributed by atoms with Crippen LogP contribution in [-0.4, -0.2) is 10.7 Å². The highest BCUT2D eigenvalue weighted by Crippen LogP contribution is 2.51. The van der Waals surface area contributed by atoms with Crippen molar-refractivity contribution in [2.24, 2.45) is 5.10 Å². The molecule has 0 saturated carbocycles. The van der Waals surface area contributed by atoms with E-state index >= 15 is 0 Å². The van der Waals surface area contributed by atoms with Crippen LogP contribution in [0.3, 0.4) is 0 Å². The van der Waals surface area contributed by atoms with Crippen LogP contribution in [0.4, 0.5) is 0 Å². The van der Waals surface area contributed by atoms with Gasteiger partial charge in [-0.05, 0) is 29.8 Å². The molecule has 0 saturated heterocycles. The summed E-state index contributed by atoms with van der Waals surface area (Å²) in [6, 6.07) is 19.1. The van der Waals surface area contributed by atoms with Crippen molar-refractivity contribution in [1.82, 2.24) is 5.01 Å². The fourth-order valence-corrected chi connectivity index (χ4v) is 4.67. The average Bonchev–Trinajstić information content (AvgIpc) is 3.16. The lowest BCUT2D eigenvalue weighted by molar-refractivity contribution is -0.0189. The number of nitrogens with zero attached hydrogens (tertiary/aromatic N) is 2. The van der Waals surface area contributed by atoms with Gasteiger partial charge in [0.15, 0.2) is 0 Å². The predicted molar refractivity (Wildman–Crippen MR) is 118 cm³/mol. The van der Waals surface area contributed by atoms with Crippen molar-refractivity contribution in [1.29, 1.82) is 0 Å². The van der Waals surface area contributed by atoms with Crippen LogP contribution < -0.4 is 4.74 Å². The second kappa shape index (κ2) is 7.41. The van der Waals surface area contributed by atoms with Gasteiger partial charge in [-0.2, -0.15) is 5.10 Å². The Morgan fingerprint density at radius 2 is 1.66 bits per heavy atom. The Morgan fingerprint density at radius 3 is 2.41 bits per heavy atom. The number of fused-ring (bicyclic) bond motifs is 3. The van der Waals surface area contributed by atoms with Gasteiger partial charge in [0, 0.05) is 22.6 Å². The Hall–Kier alpha value is -1.91. The number of hydrazone groups is 1. The molecular formula is C22H14Cl4N2O. The number of rotatable bonds is 2. The highest BCUT2D eigenvalue weighted by atomic mass is 35.5. The van der Waals surface area contributed by atoms with Crippen LogP contribution >= 0.6 is 46.4 Å². The van der Waals surface area contributed by atoms with Gasteiger partial charge < -0.3 is 4.74 Å². The van der Waals surface area contributed by atoms with Crippen LogP contribution in [0.5, 0.6) is 5.75 Å². The normalized spacial score (nSPS) is 20.0. The SMILES string of the molecule is Clc1cc(Cl)c2c(c1)[C@H]1CC(c3ccccc3)=NN1[C@H](c1ccc(Cl)c(Cl)c1)O2. The maximum Gasteiger partial charge on any atom is 0.214 e. The van der Waals surface area contributed by atoms with Crippen LogP contribution in [0.25, 0.3) is 0 Å². The standard InChI is InChI=1S/C22H14Cl4N2O/c23-14-9-15-20-11-19(12-4-2-1-3-5-12)27-28(20)22(29-21(15)18(26)10-14)13-6-7-16(24)17(25)8-13/h1-10,20,22H,11H2/t20-,22+/m1/s1. The molecule has 2 heterocycles. The molecule has 0 spiro atoms. The molecule has 29 heavy (non-hydrogen) atoms. The second-order valence-electron chi connectivity index (χ2n) is 6.96. The molecule has 5 rings (SSSR count). The zero-order valence-electron chi connectivity index (χ0n) is 14.9. The Labute approximate surface area is 188 Å². The molecule has 0 bridgehead atoms. The molecule has 2 aliphatic heterocycles. The molecule has 7 heteroatoms.